The molecule has 2 fully saturated rings. The summed E-state index contributed by atoms with van der Waals surface area (Å²) in [7, 11) is 0. The number of pyridine rings is 1. The van der Waals surface area contributed by atoms with Crippen LogP contribution in [0.25, 0.3) is 10.2 Å². The van der Waals surface area contributed by atoms with E-state index in [9.17, 15) is 0 Å². The van der Waals surface area contributed by atoms with Crippen molar-refractivity contribution < 1.29 is 9.47 Å². The van der Waals surface area contributed by atoms with Crippen LogP contribution in [0, 0.1) is 12.8 Å². The minimum absolute atomic E-state index is 0.0295. The molecule has 3 atom stereocenters. The monoisotopic (exact) mass is 359 g/mol. The Morgan fingerprint density at radius 3 is 3.08 bits per heavy atom. The van der Waals surface area contributed by atoms with Crippen LogP contribution in [-0.2, 0) is 15.9 Å². The van der Waals surface area contributed by atoms with Crippen molar-refractivity contribution in [2.45, 2.75) is 57.6 Å². The molecular weight excluding hydrogens is 334 g/mol. The molecule has 2 aromatic rings. The molecule has 0 spiro atoms. The summed E-state index contributed by atoms with van der Waals surface area (Å²) in [5, 5.41) is 4.77. The maximum atomic E-state index is 6.30. The predicted molar refractivity (Wildman–Crippen MR) is 99.5 cm³/mol. The number of hydrogen-bond donors (Lipinski definition) is 1. The van der Waals surface area contributed by atoms with Crippen molar-refractivity contribution in [2.75, 3.05) is 6.54 Å². The molecule has 2 aromatic heterocycles. The van der Waals surface area contributed by atoms with Crippen molar-refractivity contribution >= 4 is 21.6 Å². The average Bonchev–Trinajstić information content (AvgIpc) is 3.17. The van der Waals surface area contributed by atoms with Crippen molar-refractivity contribution in [3.63, 3.8) is 0 Å². The van der Waals surface area contributed by atoms with Gasteiger partial charge in [0.1, 0.15) is 17.3 Å². The Morgan fingerprint density at radius 2 is 2.32 bits per heavy atom. The SMILES string of the molecule is C=CC1CCC2(NCCc3nc4c(C)nccc4s3)OC(C)(C)OC12. The lowest BCUT2D eigenvalue weighted by Gasteiger charge is -2.29. The van der Waals surface area contributed by atoms with Gasteiger partial charge in [0, 0.05) is 25.1 Å². The molecule has 134 valence electrons. The molecule has 1 aliphatic carbocycles. The lowest BCUT2D eigenvalue weighted by Crippen LogP contribution is -2.51. The van der Waals surface area contributed by atoms with E-state index >= 15 is 0 Å². The number of rotatable bonds is 5. The lowest BCUT2D eigenvalue weighted by atomic mass is 10.0. The number of ether oxygens (including phenoxy) is 2. The van der Waals surface area contributed by atoms with E-state index in [1.54, 1.807) is 11.3 Å². The number of aromatic nitrogens is 2. The highest BCUT2D eigenvalue weighted by Gasteiger charge is 2.58. The third-order valence-electron chi connectivity index (χ3n) is 5.14. The second-order valence-electron chi connectivity index (χ2n) is 7.40. The number of fused-ring (bicyclic) bond motifs is 2. The van der Waals surface area contributed by atoms with E-state index in [0.29, 0.717) is 5.92 Å². The highest BCUT2D eigenvalue weighted by Crippen LogP contribution is 2.48. The maximum Gasteiger partial charge on any atom is 0.165 e. The van der Waals surface area contributed by atoms with Crippen LogP contribution in [0.2, 0.25) is 0 Å². The topological polar surface area (TPSA) is 56.3 Å². The zero-order valence-electron chi connectivity index (χ0n) is 15.0. The molecule has 0 aromatic carbocycles. The van der Waals surface area contributed by atoms with Gasteiger partial charge in [0.05, 0.1) is 15.4 Å². The first-order chi connectivity index (χ1) is 11.9. The van der Waals surface area contributed by atoms with Crippen LogP contribution in [0.3, 0.4) is 0 Å². The molecule has 6 heteroatoms. The van der Waals surface area contributed by atoms with Crippen molar-refractivity contribution in [3.8, 4) is 0 Å². The molecule has 3 heterocycles. The maximum absolute atomic E-state index is 6.30. The highest BCUT2D eigenvalue weighted by atomic mass is 32.1. The first kappa shape index (κ1) is 17.1. The smallest absolute Gasteiger partial charge is 0.165 e. The summed E-state index contributed by atoms with van der Waals surface area (Å²) in [6.07, 6.45) is 6.74. The van der Waals surface area contributed by atoms with Gasteiger partial charge in [-0.3, -0.25) is 10.3 Å². The zero-order valence-corrected chi connectivity index (χ0v) is 15.9. The Hall–Kier alpha value is -1.34. The van der Waals surface area contributed by atoms with E-state index in [-0.39, 0.29) is 6.10 Å². The van der Waals surface area contributed by atoms with Gasteiger partial charge in [-0.2, -0.15) is 0 Å². The molecule has 3 unspecified atom stereocenters. The van der Waals surface area contributed by atoms with Gasteiger partial charge in [0.15, 0.2) is 5.79 Å². The number of hydrogen-bond acceptors (Lipinski definition) is 6. The summed E-state index contributed by atoms with van der Waals surface area (Å²) >= 11 is 1.74. The van der Waals surface area contributed by atoms with E-state index in [2.05, 4.69) is 16.9 Å². The van der Waals surface area contributed by atoms with Gasteiger partial charge in [-0.15, -0.1) is 17.9 Å². The van der Waals surface area contributed by atoms with E-state index in [1.807, 2.05) is 39.1 Å². The second-order valence-corrected chi connectivity index (χ2v) is 8.51. The predicted octanol–water partition coefficient (Wildman–Crippen LogP) is 3.58. The van der Waals surface area contributed by atoms with Crippen molar-refractivity contribution in [1.82, 2.24) is 15.3 Å². The molecule has 0 amide bonds. The summed E-state index contributed by atoms with van der Waals surface area (Å²) in [6, 6.07) is 2.04. The quantitative estimate of drug-likeness (QED) is 0.827. The van der Waals surface area contributed by atoms with E-state index in [4.69, 9.17) is 14.5 Å². The molecule has 0 radical (unpaired) electrons. The van der Waals surface area contributed by atoms with E-state index in [0.717, 1.165) is 42.0 Å². The van der Waals surface area contributed by atoms with Crippen LogP contribution in [0.4, 0.5) is 0 Å². The van der Waals surface area contributed by atoms with Gasteiger partial charge in [-0.25, -0.2) is 4.98 Å². The summed E-state index contributed by atoms with van der Waals surface area (Å²) in [4.78, 5) is 9.07. The number of thiazole rings is 1. The first-order valence-corrected chi connectivity index (χ1v) is 9.71. The molecule has 0 bridgehead atoms. The minimum atomic E-state index is -0.558. The average molecular weight is 359 g/mol. The van der Waals surface area contributed by atoms with Gasteiger partial charge in [0.25, 0.3) is 0 Å². The Kier molecular flexibility index (Phi) is 4.19. The molecule has 1 aliphatic heterocycles. The van der Waals surface area contributed by atoms with Gasteiger partial charge < -0.3 is 9.47 Å². The minimum Gasteiger partial charge on any atom is -0.342 e. The highest BCUT2D eigenvalue weighted by molar-refractivity contribution is 7.18. The van der Waals surface area contributed by atoms with Crippen LogP contribution in [0.5, 0.6) is 0 Å². The summed E-state index contributed by atoms with van der Waals surface area (Å²) < 4.78 is 13.7. The molecule has 1 saturated heterocycles. The number of aryl methyl sites for hydroxylation is 1. The lowest BCUT2D eigenvalue weighted by molar-refractivity contribution is -0.175. The Balaban J connectivity index is 1.46. The third-order valence-corrected chi connectivity index (χ3v) is 6.22. The summed E-state index contributed by atoms with van der Waals surface area (Å²) in [6.45, 7) is 10.8. The normalized spacial score (nSPS) is 30.7. The second kappa shape index (κ2) is 6.13. The van der Waals surface area contributed by atoms with Gasteiger partial charge in [-0.1, -0.05) is 6.08 Å². The largest absolute Gasteiger partial charge is 0.342 e. The fourth-order valence-corrected chi connectivity index (χ4v) is 5.08. The molecule has 1 saturated carbocycles. The van der Waals surface area contributed by atoms with Crippen molar-refractivity contribution in [1.29, 1.82) is 0 Å². The third kappa shape index (κ3) is 3.01. The van der Waals surface area contributed by atoms with Crippen LogP contribution in [0.15, 0.2) is 24.9 Å². The Labute approximate surface area is 152 Å². The molecule has 1 N–H and O–H groups in total. The fraction of sp³-hybridized carbons (Fsp3) is 0.579. The number of nitrogens with zero attached hydrogens (tertiary/aromatic N) is 2. The molecule has 4 rings (SSSR count). The van der Waals surface area contributed by atoms with Gasteiger partial charge >= 0.3 is 0 Å². The van der Waals surface area contributed by atoms with Crippen molar-refractivity contribution in [3.05, 3.63) is 35.6 Å². The van der Waals surface area contributed by atoms with Gasteiger partial charge in [0.2, 0.25) is 0 Å². The van der Waals surface area contributed by atoms with Crippen LogP contribution in [-0.4, -0.2) is 34.1 Å². The first-order valence-electron chi connectivity index (χ1n) is 8.89. The number of nitrogens with one attached hydrogen (secondary N) is 1. The summed E-state index contributed by atoms with van der Waals surface area (Å²) in [5.41, 5.74) is 1.61. The Bertz CT molecular complexity index is 803. The molecule has 25 heavy (non-hydrogen) atoms. The summed E-state index contributed by atoms with van der Waals surface area (Å²) in [5.74, 6) is -0.219. The zero-order chi connectivity index (χ0) is 17.7. The van der Waals surface area contributed by atoms with Crippen LogP contribution in [0.1, 0.15) is 37.4 Å². The van der Waals surface area contributed by atoms with Crippen molar-refractivity contribution in [2.24, 2.45) is 5.92 Å². The fourth-order valence-electron chi connectivity index (χ4n) is 4.06. The van der Waals surface area contributed by atoms with Crippen LogP contribution < -0.4 is 5.32 Å². The van der Waals surface area contributed by atoms with E-state index in [1.165, 1.54) is 4.70 Å². The Morgan fingerprint density at radius 1 is 1.48 bits per heavy atom. The molecule has 5 nitrogen and oxygen atoms in total. The standard InChI is InChI=1S/C19H25N3O2S/c1-5-13-6-9-19(17(13)23-18(3,4)24-19)21-11-8-15-22-16-12(2)20-10-7-14(16)25-15/h5,7,10,13,17,21H,1,6,8-9,11H2,2-4H3. The van der Waals surface area contributed by atoms with Gasteiger partial charge in [-0.05, 0) is 39.7 Å². The van der Waals surface area contributed by atoms with Crippen LogP contribution >= 0.6 is 11.3 Å². The molecular formula is C19H25N3O2S. The van der Waals surface area contributed by atoms with E-state index < -0.39 is 11.5 Å². The molecule has 2 aliphatic rings.